The molecule has 10 nitrogen and oxygen atoms in total. The van der Waals surface area contributed by atoms with E-state index in [4.69, 9.17) is 4.74 Å². The van der Waals surface area contributed by atoms with Gasteiger partial charge in [-0.3, -0.25) is 19.1 Å². The van der Waals surface area contributed by atoms with Gasteiger partial charge >= 0.3 is 5.69 Å². The van der Waals surface area contributed by atoms with Crippen molar-refractivity contribution in [2.24, 2.45) is 0 Å². The molecular formula is C45H36N4O6. The van der Waals surface area contributed by atoms with Gasteiger partial charge in [0.1, 0.15) is 17.9 Å². The number of benzene rings is 5. The summed E-state index contributed by atoms with van der Waals surface area (Å²) in [6.07, 6.45) is -1.35. The van der Waals surface area contributed by atoms with Crippen LogP contribution in [0.5, 0.6) is 0 Å². The molecule has 272 valence electrons. The number of amides is 1. The van der Waals surface area contributed by atoms with Gasteiger partial charge in [0, 0.05) is 60.2 Å². The van der Waals surface area contributed by atoms with Crippen LogP contribution in [0.15, 0.2) is 113 Å². The van der Waals surface area contributed by atoms with Crippen LogP contribution in [-0.4, -0.2) is 65.1 Å². The first-order valence-electron chi connectivity index (χ1n) is 17.6. The summed E-state index contributed by atoms with van der Waals surface area (Å²) in [5.74, 6) is 18.5. The molecule has 0 radical (unpaired) electrons. The maximum absolute atomic E-state index is 12.9. The molecule has 1 amide bonds. The highest BCUT2D eigenvalue weighted by Crippen LogP contribution is 2.32. The lowest BCUT2D eigenvalue weighted by Crippen LogP contribution is -2.33. The van der Waals surface area contributed by atoms with Crippen molar-refractivity contribution in [3.8, 4) is 35.5 Å². The standard InChI is InChI=1S/C45H36N4O6/c1-48(2)33-21-15-30(16-22-33)18-24-39-36-11-5-3-9-34(36)38(35-10-4-6-12-37(35)39)23-17-29-13-19-31(20-14-29)43(52)46-25-7-8-32-27-49(45(54)47-44(32)53)42-26-40(51)41(28-50)55-42/h3-6,9-16,19-22,27,40-42,50-51H,25-26,28H2,1-2H3,(H,46,52)(H,47,53,54)/t40-,41+,42+/m0/s1. The highest BCUT2D eigenvalue weighted by atomic mass is 16.5. The number of hydrogen-bond acceptors (Lipinski definition) is 7. The fourth-order valence-corrected chi connectivity index (χ4v) is 6.42. The molecule has 0 bridgehead atoms. The van der Waals surface area contributed by atoms with Crippen LogP contribution in [0.1, 0.15) is 50.8 Å². The zero-order chi connectivity index (χ0) is 38.5. The predicted octanol–water partition coefficient (Wildman–Crippen LogP) is 4.13. The highest BCUT2D eigenvalue weighted by Gasteiger charge is 2.35. The Bertz CT molecular complexity index is 2680. The van der Waals surface area contributed by atoms with Crippen molar-refractivity contribution in [3.63, 3.8) is 0 Å². The van der Waals surface area contributed by atoms with Crippen molar-refractivity contribution >= 4 is 33.1 Å². The summed E-state index contributed by atoms with van der Waals surface area (Å²) >= 11 is 0. The average Bonchev–Trinajstić information content (AvgIpc) is 3.58. The third kappa shape index (κ3) is 7.91. The van der Waals surface area contributed by atoms with Crippen LogP contribution in [0.25, 0.3) is 21.5 Å². The second-order valence-electron chi connectivity index (χ2n) is 13.2. The molecule has 1 saturated heterocycles. The Balaban J connectivity index is 1.07. The van der Waals surface area contributed by atoms with Gasteiger partial charge in [-0.2, -0.15) is 0 Å². The number of aromatic amines is 1. The van der Waals surface area contributed by atoms with Gasteiger partial charge in [0.2, 0.25) is 0 Å². The van der Waals surface area contributed by atoms with Crippen LogP contribution in [0.2, 0.25) is 0 Å². The number of carbonyl (C=O) groups excluding carboxylic acids is 1. The molecule has 0 aliphatic carbocycles. The van der Waals surface area contributed by atoms with Crippen LogP contribution in [0.3, 0.4) is 0 Å². The summed E-state index contributed by atoms with van der Waals surface area (Å²) in [7, 11) is 4.02. The largest absolute Gasteiger partial charge is 0.394 e. The van der Waals surface area contributed by atoms with E-state index in [1.54, 1.807) is 24.3 Å². The minimum absolute atomic E-state index is 0.0172. The average molecular weight is 729 g/mol. The van der Waals surface area contributed by atoms with E-state index in [9.17, 15) is 24.6 Å². The van der Waals surface area contributed by atoms with Gasteiger partial charge in [0.05, 0.1) is 19.3 Å². The molecule has 5 aromatic carbocycles. The van der Waals surface area contributed by atoms with Crippen LogP contribution in [-0.2, 0) is 4.74 Å². The van der Waals surface area contributed by atoms with E-state index in [-0.39, 0.29) is 24.4 Å². The molecule has 0 saturated carbocycles. The Hall–Kier alpha value is -6.87. The summed E-state index contributed by atoms with van der Waals surface area (Å²) in [5, 5.41) is 26.1. The number of nitrogens with one attached hydrogen (secondary N) is 2. The van der Waals surface area contributed by atoms with Gasteiger partial charge in [0.15, 0.2) is 0 Å². The predicted molar refractivity (Wildman–Crippen MR) is 213 cm³/mol. The summed E-state index contributed by atoms with van der Waals surface area (Å²) in [4.78, 5) is 41.8. The number of anilines is 1. The number of carbonyl (C=O) groups is 1. The highest BCUT2D eigenvalue weighted by molar-refractivity contribution is 6.09. The lowest BCUT2D eigenvalue weighted by Gasteiger charge is -2.14. The quantitative estimate of drug-likeness (QED) is 0.155. The SMILES string of the molecule is CN(C)c1ccc(C#Cc2c3ccccc3c(C#Cc3ccc(C(=O)NCC#Cc4cn([C@H]5C[C@H](O)[C@@H](CO)O5)c(=O)[nH]c4=O)cc3)c3ccccc23)cc1. The summed E-state index contributed by atoms with van der Waals surface area (Å²) < 4.78 is 6.65. The van der Waals surface area contributed by atoms with Crippen LogP contribution < -0.4 is 21.5 Å². The van der Waals surface area contributed by atoms with Gasteiger partial charge in [-0.25, -0.2) is 4.79 Å². The molecular weight excluding hydrogens is 693 g/mol. The lowest BCUT2D eigenvalue weighted by atomic mass is 9.92. The number of ether oxygens (including phenoxy) is 1. The molecule has 2 heterocycles. The summed E-state index contributed by atoms with van der Waals surface area (Å²) in [6, 6.07) is 31.4. The molecule has 4 N–H and O–H groups in total. The molecule has 1 aliphatic heterocycles. The van der Waals surface area contributed by atoms with Gasteiger partial charge in [-0.15, -0.1) is 0 Å². The number of rotatable bonds is 5. The van der Waals surface area contributed by atoms with E-state index in [2.05, 4.69) is 87.1 Å². The smallest absolute Gasteiger partial charge is 0.330 e. The maximum atomic E-state index is 12.9. The van der Waals surface area contributed by atoms with E-state index in [0.29, 0.717) is 5.56 Å². The Morgan fingerprint density at radius 2 is 1.36 bits per heavy atom. The number of aromatic nitrogens is 2. The van der Waals surface area contributed by atoms with E-state index in [1.165, 1.54) is 6.20 Å². The normalized spacial score (nSPS) is 16.0. The molecule has 10 heteroatoms. The zero-order valence-electron chi connectivity index (χ0n) is 30.1. The fraction of sp³-hybridized carbons (Fsp3) is 0.178. The summed E-state index contributed by atoms with van der Waals surface area (Å²) in [6.45, 7) is -0.472. The van der Waals surface area contributed by atoms with Crippen LogP contribution >= 0.6 is 0 Å². The van der Waals surface area contributed by atoms with Crippen molar-refractivity contribution in [1.29, 1.82) is 0 Å². The Kier molecular flexibility index (Phi) is 10.6. The molecule has 6 aromatic rings. The van der Waals surface area contributed by atoms with Crippen LogP contribution in [0, 0.1) is 35.5 Å². The van der Waals surface area contributed by atoms with Gasteiger partial charge in [0.25, 0.3) is 11.5 Å². The monoisotopic (exact) mass is 728 g/mol. The van der Waals surface area contributed by atoms with Crippen molar-refractivity contribution in [1.82, 2.24) is 14.9 Å². The molecule has 0 spiro atoms. The Morgan fingerprint density at radius 1 is 0.818 bits per heavy atom. The van der Waals surface area contributed by atoms with Crippen molar-refractivity contribution < 1.29 is 19.7 Å². The zero-order valence-corrected chi connectivity index (χ0v) is 30.1. The second-order valence-corrected chi connectivity index (χ2v) is 13.2. The van der Waals surface area contributed by atoms with E-state index in [1.807, 2.05) is 50.5 Å². The molecule has 1 aliphatic rings. The van der Waals surface area contributed by atoms with Crippen molar-refractivity contribution in [2.45, 2.75) is 24.9 Å². The number of fused-ring (bicyclic) bond motifs is 2. The van der Waals surface area contributed by atoms with Crippen molar-refractivity contribution in [3.05, 3.63) is 157 Å². The van der Waals surface area contributed by atoms with Crippen LogP contribution in [0.4, 0.5) is 5.69 Å². The first-order valence-corrected chi connectivity index (χ1v) is 17.6. The Labute approximate surface area is 317 Å². The number of H-pyrrole nitrogens is 1. The first-order chi connectivity index (χ1) is 26.7. The molecule has 1 aromatic heterocycles. The first kappa shape index (κ1) is 36.5. The molecule has 55 heavy (non-hydrogen) atoms. The van der Waals surface area contributed by atoms with E-state index >= 15 is 0 Å². The molecule has 0 unspecified atom stereocenters. The van der Waals surface area contributed by atoms with Gasteiger partial charge in [-0.1, -0.05) is 84.1 Å². The number of hydrogen-bond donors (Lipinski definition) is 4. The second kappa shape index (κ2) is 16.0. The minimum atomic E-state index is -0.957. The van der Waals surface area contributed by atoms with E-state index in [0.717, 1.165) is 54.1 Å². The number of aliphatic hydroxyl groups is 2. The topological polar surface area (TPSA) is 137 Å². The third-order valence-electron chi connectivity index (χ3n) is 9.35. The third-order valence-corrected chi connectivity index (χ3v) is 9.35. The molecule has 3 atom stereocenters. The minimum Gasteiger partial charge on any atom is -0.394 e. The van der Waals surface area contributed by atoms with Crippen molar-refractivity contribution in [2.75, 3.05) is 32.1 Å². The summed E-state index contributed by atoms with van der Waals surface area (Å²) in [5.41, 5.74) is 3.58. The maximum Gasteiger partial charge on any atom is 0.330 e. The Morgan fingerprint density at radius 3 is 1.87 bits per heavy atom. The van der Waals surface area contributed by atoms with Gasteiger partial charge < -0.3 is 25.2 Å². The van der Waals surface area contributed by atoms with E-state index < -0.39 is 36.3 Å². The number of aliphatic hydroxyl groups excluding tert-OH is 2. The fourth-order valence-electron chi connectivity index (χ4n) is 6.42. The molecule has 1 fully saturated rings. The molecule has 7 rings (SSSR count). The van der Waals surface area contributed by atoms with Gasteiger partial charge in [-0.05, 0) is 70.1 Å². The number of nitrogens with zero attached hydrogens (tertiary/aromatic N) is 2. The lowest BCUT2D eigenvalue weighted by molar-refractivity contribution is -0.0459.